The Morgan fingerprint density at radius 1 is 1.25 bits per heavy atom. The van der Waals surface area contributed by atoms with Gasteiger partial charge in [0.1, 0.15) is 0 Å². The molecule has 2 atom stereocenters. The molecule has 2 unspecified atom stereocenters. The molecule has 0 aromatic heterocycles. The molecule has 4 heteroatoms. The molecule has 0 bridgehead atoms. The topological polar surface area (TPSA) is 56.5 Å². The number of ether oxygens (including phenoxy) is 2. The van der Waals surface area contributed by atoms with Crippen LogP contribution in [0.15, 0.2) is 18.2 Å². The van der Waals surface area contributed by atoms with Gasteiger partial charge in [0.05, 0.1) is 0 Å². The Morgan fingerprint density at radius 3 is 3.00 bits per heavy atom. The van der Waals surface area contributed by atoms with E-state index in [1.165, 1.54) is 5.56 Å². The zero-order valence-corrected chi connectivity index (χ0v) is 9.11. The molecule has 0 amide bonds. The number of benzene rings is 1. The molecule has 2 heterocycles. The predicted molar refractivity (Wildman–Crippen MR) is 60.7 cm³/mol. The fourth-order valence-corrected chi connectivity index (χ4v) is 2.51. The van der Waals surface area contributed by atoms with E-state index in [0.29, 0.717) is 18.6 Å². The van der Waals surface area contributed by atoms with Crippen molar-refractivity contribution < 1.29 is 9.47 Å². The Bertz CT molecular complexity index is 395. The van der Waals surface area contributed by atoms with Crippen LogP contribution in [0.1, 0.15) is 11.5 Å². The zero-order valence-electron chi connectivity index (χ0n) is 9.11. The number of nitrogens with one attached hydrogen (secondary N) is 1. The zero-order chi connectivity index (χ0) is 11.0. The molecule has 3 N–H and O–H groups in total. The van der Waals surface area contributed by atoms with Crippen molar-refractivity contribution in [2.75, 3.05) is 26.4 Å². The number of rotatable bonds is 2. The molecule has 86 valence electrons. The van der Waals surface area contributed by atoms with Gasteiger partial charge in [0.25, 0.3) is 0 Å². The molecular weight excluding hydrogens is 204 g/mol. The summed E-state index contributed by atoms with van der Waals surface area (Å²) in [6.45, 7) is 3.07. The predicted octanol–water partition coefficient (Wildman–Crippen LogP) is 0.677. The van der Waals surface area contributed by atoms with Crippen LogP contribution in [0.5, 0.6) is 11.5 Å². The van der Waals surface area contributed by atoms with E-state index in [1.54, 1.807) is 0 Å². The van der Waals surface area contributed by atoms with E-state index in [4.69, 9.17) is 15.2 Å². The van der Waals surface area contributed by atoms with E-state index in [-0.39, 0.29) is 0 Å². The van der Waals surface area contributed by atoms with Crippen LogP contribution < -0.4 is 20.5 Å². The largest absolute Gasteiger partial charge is 0.454 e. The van der Waals surface area contributed by atoms with Crippen LogP contribution >= 0.6 is 0 Å². The van der Waals surface area contributed by atoms with Gasteiger partial charge in [-0.15, -0.1) is 0 Å². The molecule has 2 aliphatic rings. The van der Waals surface area contributed by atoms with Gasteiger partial charge in [-0.25, -0.2) is 0 Å². The van der Waals surface area contributed by atoms with Crippen LogP contribution in [0.4, 0.5) is 0 Å². The van der Waals surface area contributed by atoms with Gasteiger partial charge in [-0.2, -0.15) is 0 Å². The molecular formula is C12H16N2O2. The van der Waals surface area contributed by atoms with Crippen molar-refractivity contribution in [3.05, 3.63) is 23.8 Å². The summed E-state index contributed by atoms with van der Waals surface area (Å²) >= 11 is 0. The number of nitrogens with two attached hydrogens (primary N) is 1. The van der Waals surface area contributed by atoms with Gasteiger partial charge in [-0.3, -0.25) is 0 Å². The third-order valence-electron chi connectivity index (χ3n) is 3.47. The van der Waals surface area contributed by atoms with Gasteiger partial charge < -0.3 is 20.5 Å². The second-order valence-electron chi connectivity index (χ2n) is 4.37. The van der Waals surface area contributed by atoms with Gasteiger partial charge >= 0.3 is 0 Å². The first-order valence-electron chi connectivity index (χ1n) is 5.69. The van der Waals surface area contributed by atoms with E-state index in [9.17, 15) is 0 Å². The maximum Gasteiger partial charge on any atom is 0.231 e. The molecule has 0 saturated carbocycles. The lowest BCUT2D eigenvalue weighted by Gasteiger charge is -2.17. The minimum absolute atomic E-state index is 0.335. The monoisotopic (exact) mass is 220 g/mol. The first kappa shape index (κ1) is 9.93. The van der Waals surface area contributed by atoms with Crippen LogP contribution in [0.25, 0.3) is 0 Å². The molecule has 1 aromatic carbocycles. The lowest BCUT2D eigenvalue weighted by molar-refractivity contribution is 0.174. The summed E-state index contributed by atoms with van der Waals surface area (Å²) in [7, 11) is 0. The van der Waals surface area contributed by atoms with Crippen molar-refractivity contribution in [2.24, 2.45) is 11.7 Å². The average Bonchev–Trinajstić information content (AvgIpc) is 2.96. The lowest BCUT2D eigenvalue weighted by atomic mass is 9.89. The van der Waals surface area contributed by atoms with E-state index >= 15 is 0 Å². The molecule has 1 fully saturated rings. The summed E-state index contributed by atoms with van der Waals surface area (Å²) in [6, 6.07) is 6.19. The minimum atomic E-state index is 0.335. The van der Waals surface area contributed by atoms with Crippen LogP contribution in [-0.2, 0) is 0 Å². The molecule has 4 nitrogen and oxygen atoms in total. The molecule has 0 aliphatic carbocycles. The fraction of sp³-hybridized carbons (Fsp3) is 0.500. The molecule has 2 aliphatic heterocycles. The van der Waals surface area contributed by atoms with Gasteiger partial charge in [-0.1, -0.05) is 6.07 Å². The van der Waals surface area contributed by atoms with Crippen molar-refractivity contribution in [1.82, 2.24) is 5.32 Å². The van der Waals surface area contributed by atoms with Gasteiger partial charge in [0.2, 0.25) is 6.79 Å². The molecule has 1 saturated heterocycles. The second-order valence-corrected chi connectivity index (χ2v) is 4.37. The maximum absolute atomic E-state index is 5.78. The van der Waals surface area contributed by atoms with Crippen molar-refractivity contribution in [2.45, 2.75) is 5.92 Å². The van der Waals surface area contributed by atoms with Crippen molar-refractivity contribution in [3.8, 4) is 11.5 Å². The number of hydrogen-bond donors (Lipinski definition) is 2. The molecule has 3 rings (SSSR count). The quantitative estimate of drug-likeness (QED) is 0.769. The highest BCUT2D eigenvalue weighted by atomic mass is 16.7. The fourth-order valence-electron chi connectivity index (χ4n) is 2.51. The standard InChI is InChI=1S/C12H16N2O2/c13-4-9-5-14-6-10(9)8-1-2-11-12(3-8)16-7-15-11/h1-3,9-10,14H,4-7,13H2. The minimum Gasteiger partial charge on any atom is -0.454 e. The molecule has 1 aromatic rings. The summed E-state index contributed by atoms with van der Waals surface area (Å²) in [5.74, 6) is 2.74. The average molecular weight is 220 g/mol. The summed E-state index contributed by atoms with van der Waals surface area (Å²) in [5, 5.41) is 3.39. The van der Waals surface area contributed by atoms with Crippen molar-refractivity contribution in [3.63, 3.8) is 0 Å². The van der Waals surface area contributed by atoms with Crippen LogP contribution in [0.2, 0.25) is 0 Å². The number of hydrogen-bond acceptors (Lipinski definition) is 4. The highest BCUT2D eigenvalue weighted by Crippen LogP contribution is 2.37. The number of fused-ring (bicyclic) bond motifs is 1. The van der Waals surface area contributed by atoms with Crippen LogP contribution in [-0.4, -0.2) is 26.4 Å². The SMILES string of the molecule is NCC1CNCC1c1ccc2c(c1)OCO2. The van der Waals surface area contributed by atoms with Gasteiger partial charge in [-0.05, 0) is 36.7 Å². The third kappa shape index (κ3) is 1.54. The van der Waals surface area contributed by atoms with Crippen LogP contribution in [0.3, 0.4) is 0 Å². The van der Waals surface area contributed by atoms with E-state index in [1.807, 2.05) is 6.07 Å². The summed E-state index contributed by atoms with van der Waals surface area (Å²) in [4.78, 5) is 0. The second kappa shape index (κ2) is 3.96. The first-order valence-corrected chi connectivity index (χ1v) is 5.69. The Labute approximate surface area is 94.7 Å². The van der Waals surface area contributed by atoms with Crippen molar-refractivity contribution in [1.29, 1.82) is 0 Å². The Balaban J connectivity index is 1.89. The maximum atomic E-state index is 5.78. The van der Waals surface area contributed by atoms with E-state index in [0.717, 1.165) is 31.1 Å². The first-order chi connectivity index (χ1) is 7.88. The molecule has 16 heavy (non-hydrogen) atoms. The van der Waals surface area contributed by atoms with E-state index in [2.05, 4.69) is 17.4 Å². The Morgan fingerprint density at radius 2 is 2.12 bits per heavy atom. The lowest BCUT2D eigenvalue weighted by Crippen LogP contribution is -2.21. The summed E-state index contributed by atoms with van der Waals surface area (Å²) < 4.78 is 10.7. The molecule has 0 radical (unpaired) electrons. The van der Waals surface area contributed by atoms with E-state index < -0.39 is 0 Å². The Hall–Kier alpha value is -1.26. The smallest absolute Gasteiger partial charge is 0.231 e. The summed E-state index contributed by atoms with van der Waals surface area (Å²) in [5.41, 5.74) is 7.07. The van der Waals surface area contributed by atoms with Crippen LogP contribution in [0, 0.1) is 5.92 Å². The Kier molecular flexibility index (Phi) is 2.46. The molecule has 0 spiro atoms. The normalized spacial score (nSPS) is 27.3. The third-order valence-corrected chi connectivity index (χ3v) is 3.47. The summed E-state index contributed by atoms with van der Waals surface area (Å²) in [6.07, 6.45) is 0. The van der Waals surface area contributed by atoms with Gasteiger partial charge in [0.15, 0.2) is 11.5 Å². The highest BCUT2D eigenvalue weighted by Gasteiger charge is 2.28. The highest BCUT2D eigenvalue weighted by molar-refractivity contribution is 5.45. The van der Waals surface area contributed by atoms with Gasteiger partial charge in [0, 0.05) is 12.5 Å². The van der Waals surface area contributed by atoms with Crippen molar-refractivity contribution >= 4 is 0 Å².